The van der Waals surface area contributed by atoms with Crippen molar-refractivity contribution in [1.82, 2.24) is 15.1 Å². The molecule has 2 fully saturated rings. The molecule has 2 aliphatic heterocycles. The highest BCUT2D eigenvalue weighted by Crippen LogP contribution is 2.40. The molecule has 2 aromatic rings. The van der Waals surface area contributed by atoms with Crippen LogP contribution in [0.5, 0.6) is 0 Å². The molecule has 2 heterocycles. The number of amides is 2. The normalized spacial score (nSPS) is 21.9. The van der Waals surface area contributed by atoms with Crippen molar-refractivity contribution < 1.29 is 18.4 Å². The van der Waals surface area contributed by atoms with Gasteiger partial charge in [0.2, 0.25) is 11.8 Å². The molecule has 5 nitrogen and oxygen atoms in total. The fourth-order valence-corrected chi connectivity index (χ4v) is 6.22. The van der Waals surface area contributed by atoms with Gasteiger partial charge in [-0.15, -0.1) is 0 Å². The number of carbonyl (C=O) groups is 2. The Morgan fingerprint density at radius 2 is 1.68 bits per heavy atom. The van der Waals surface area contributed by atoms with Gasteiger partial charge in [0.1, 0.15) is 11.6 Å². The standard InChI is InChI=1S/C30H38ClF2N3O2/c1-18(34-19(2)37)25-14-21(31)6-8-23(25)20-10-12-35(13-11-20)29(38)27-17-36(30(3,4)5)16-26(27)24-9-7-22(32)15-28(24)33/h6-9,14-15,18,20,26-27H,10-13,16-17H2,1-5H3,(H,34,37). The van der Waals surface area contributed by atoms with E-state index in [2.05, 4.69) is 31.0 Å². The summed E-state index contributed by atoms with van der Waals surface area (Å²) in [6.45, 7) is 12.0. The molecule has 8 heteroatoms. The monoisotopic (exact) mass is 545 g/mol. The topological polar surface area (TPSA) is 52.7 Å². The average Bonchev–Trinajstić information content (AvgIpc) is 3.29. The number of rotatable bonds is 5. The van der Waals surface area contributed by atoms with Gasteiger partial charge < -0.3 is 10.2 Å². The maximum Gasteiger partial charge on any atom is 0.227 e. The van der Waals surface area contributed by atoms with Crippen molar-refractivity contribution in [2.24, 2.45) is 5.92 Å². The van der Waals surface area contributed by atoms with Gasteiger partial charge in [0.05, 0.1) is 12.0 Å². The van der Waals surface area contributed by atoms with Crippen molar-refractivity contribution in [3.8, 4) is 0 Å². The lowest BCUT2D eigenvalue weighted by Crippen LogP contribution is -2.44. The lowest BCUT2D eigenvalue weighted by Gasteiger charge is -2.36. The molecule has 3 atom stereocenters. The summed E-state index contributed by atoms with van der Waals surface area (Å²) >= 11 is 6.28. The quantitative estimate of drug-likeness (QED) is 0.499. The molecule has 2 aromatic carbocycles. The second-order valence-corrected chi connectivity index (χ2v) is 12.2. The lowest BCUT2D eigenvalue weighted by molar-refractivity contribution is -0.136. The molecular weight excluding hydrogens is 508 g/mol. The van der Waals surface area contributed by atoms with Crippen LogP contribution in [-0.2, 0) is 9.59 Å². The van der Waals surface area contributed by atoms with E-state index in [1.807, 2.05) is 30.0 Å². The van der Waals surface area contributed by atoms with E-state index in [1.165, 1.54) is 19.1 Å². The number of nitrogens with one attached hydrogen (secondary N) is 1. The molecule has 38 heavy (non-hydrogen) atoms. The number of carbonyl (C=O) groups excluding carboxylic acids is 2. The zero-order chi connectivity index (χ0) is 27.8. The van der Waals surface area contributed by atoms with Gasteiger partial charge in [-0.1, -0.05) is 23.7 Å². The molecule has 0 bridgehead atoms. The van der Waals surface area contributed by atoms with Gasteiger partial charge in [-0.2, -0.15) is 0 Å². The third-order valence-corrected chi connectivity index (χ3v) is 8.36. The minimum atomic E-state index is -0.615. The van der Waals surface area contributed by atoms with E-state index in [0.29, 0.717) is 36.8 Å². The number of likely N-dealkylation sites (tertiary alicyclic amines) is 2. The van der Waals surface area contributed by atoms with Gasteiger partial charge in [0, 0.05) is 55.6 Å². The van der Waals surface area contributed by atoms with Gasteiger partial charge in [-0.05, 0) is 81.3 Å². The molecule has 0 aliphatic carbocycles. The summed E-state index contributed by atoms with van der Waals surface area (Å²) < 4.78 is 28.5. The second kappa shape index (κ2) is 11.3. The van der Waals surface area contributed by atoms with Gasteiger partial charge in [-0.25, -0.2) is 8.78 Å². The highest BCUT2D eigenvalue weighted by Gasteiger charge is 2.44. The van der Waals surface area contributed by atoms with Crippen molar-refractivity contribution in [2.45, 2.75) is 70.9 Å². The van der Waals surface area contributed by atoms with Crippen molar-refractivity contribution >= 4 is 23.4 Å². The Balaban J connectivity index is 1.51. The highest BCUT2D eigenvalue weighted by atomic mass is 35.5. The van der Waals surface area contributed by atoms with Gasteiger partial charge in [0.25, 0.3) is 0 Å². The third kappa shape index (κ3) is 6.20. The van der Waals surface area contributed by atoms with Crippen LogP contribution in [0.2, 0.25) is 5.02 Å². The third-order valence-electron chi connectivity index (χ3n) is 8.13. The van der Waals surface area contributed by atoms with Crippen LogP contribution in [0.4, 0.5) is 8.78 Å². The SMILES string of the molecule is CC(=O)NC(C)c1cc(Cl)ccc1C1CCN(C(=O)C2CN(C(C)(C)C)CC2c2ccc(F)cc2F)CC1. The maximum atomic E-state index is 14.8. The summed E-state index contributed by atoms with van der Waals surface area (Å²) in [5.74, 6) is -1.76. The molecular formula is C30H38ClF2N3O2. The van der Waals surface area contributed by atoms with E-state index in [-0.39, 0.29) is 35.2 Å². The Morgan fingerprint density at radius 3 is 2.29 bits per heavy atom. The number of hydrogen-bond donors (Lipinski definition) is 1. The summed E-state index contributed by atoms with van der Waals surface area (Å²) in [6, 6.07) is 9.32. The molecule has 0 aromatic heterocycles. The minimum Gasteiger partial charge on any atom is -0.350 e. The summed E-state index contributed by atoms with van der Waals surface area (Å²) in [5, 5.41) is 3.58. The van der Waals surface area contributed by atoms with Crippen LogP contribution < -0.4 is 5.32 Å². The van der Waals surface area contributed by atoms with Gasteiger partial charge >= 0.3 is 0 Å². The molecule has 0 saturated carbocycles. The predicted molar refractivity (Wildman–Crippen MR) is 146 cm³/mol. The van der Waals surface area contributed by atoms with E-state index in [4.69, 9.17) is 11.6 Å². The maximum absolute atomic E-state index is 14.8. The van der Waals surface area contributed by atoms with Gasteiger partial charge in [0.15, 0.2) is 0 Å². The number of nitrogens with zero attached hydrogens (tertiary/aromatic N) is 2. The first-order valence-corrected chi connectivity index (χ1v) is 13.8. The smallest absolute Gasteiger partial charge is 0.227 e. The molecule has 0 radical (unpaired) electrons. The Morgan fingerprint density at radius 1 is 1.03 bits per heavy atom. The zero-order valence-corrected chi connectivity index (χ0v) is 23.6. The first kappa shape index (κ1) is 28.5. The largest absolute Gasteiger partial charge is 0.350 e. The first-order chi connectivity index (χ1) is 17.8. The highest BCUT2D eigenvalue weighted by molar-refractivity contribution is 6.30. The second-order valence-electron chi connectivity index (χ2n) is 11.7. The summed E-state index contributed by atoms with van der Waals surface area (Å²) in [5.41, 5.74) is 2.38. The molecule has 2 aliphatic rings. The zero-order valence-electron chi connectivity index (χ0n) is 22.9. The van der Waals surface area contributed by atoms with E-state index in [9.17, 15) is 18.4 Å². The van der Waals surface area contributed by atoms with Crippen molar-refractivity contribution in [3.05, 3.63) is 69.7 Å². The van der Waals surface area contributed by atoms with E-state index >= 15 is 0 Å². The molecule has 1 N–H and O–H groups in total. The van der Waals surface area contributed by atoms with Crippen LogP contribution in [0.15, 0.2) is 36.4 Å². The molecule has 0 spiro atoms. The Labute approximate surface area is 229 Å². The van der Waals surface area contributed by atoms with Crippen LogP contribution in [0.1, 0.15) is 82.0 Å². The number of piperidine rings is 1. The predicted octanol–water partition coefficient (Wildman–Crippen LogP) is 6.04. The first-order valence-electron chi connectivity index (χ1n) is 13.4. The molecule has 2 amide bonds. The van der Waals surface area contributed by atoms with Crippen molar-refractivity contribution in [3.63, 3.8) is 0 Å². The van der Waals surface area contributed by atoms with E-state index in [1.54, 1.807) is 0 Å². The molecule has 2 saturated heterocycles. The minimum absolute atomic E-state index is 0.0341. The Bertz CT molecular complexity index is 1190. The fourth-order valence-electron chi connectivity index (χ4n) is 6.04. The molecule has 206 valence electrons. The summed E-state index contributed by atoms with van der Waals surface area (Å²) in [4.78, 5) is 29.7. The molecule has 3 unspecified atom stereocenters. The number of hydrogen-bond acceptors (Lipinski definition) is 3. The fraction of sp³-hybridized carbons (Fsp3) is 0.533. The summed E-state index contributed by atoms with van der Waals surface area (Å²) in [6.07, 6.45) is 1.58. The number of halogens is 3. The summed E-state index contributed by atoms with van der Waals surface area (Å²) in [7, 11) is 0. The lowest BCUT2D eigenvalue weighted by atomic mass is 9.83. The Hall–Kier alpha value is -2.51. The van der Waals surface area contributed by atoms with E-state index in [0.717, 1.165) is 30.0 Å². The van der Waals surface area contributed by atoms with Crippen LogP contribution in [0, 0.1) is 17.6 Å². The average molecular weight is 546 g/mol. The van der Waals surface area contributed by atoms with Gasteiger partial charge in [-0.3, -0.25) is 14.5 Å². The van der Waals surface area contributed by atoms with Crippen LogP contribution in [-0.4, -0.2) is 53.3 Å². The van der Waals surface area contributed by atoms with Crippen molar-refractivity contribution in [1.29, 1.82) is 0 Å². The van der Waals surface area contributed by atoms with Crippen molar-refractivity contribution in [2.75, 3.05) is 26.2 Å². The molecule has 4 rings (SSSR count). The number of benzene rings is 2. The van der Waals surface area contributed by atoms with Crippen LogP contribution in [0.25, 0.3) is 0 Å². The van der Waals surface area contributed by atoms with E-state index < -0.39 is 17.6 Å². The van der Waals surface area contributed by atoms with Crippen LogP contribution in [0.3, 0.4) is 0 Å². The Kier molecular flexibility index (Phi) is 8.48. The van der Waals surface area contributed by atoms with Crippen LogP contribution >= 0.6 is 11.6 Å².